The van der Waals surface area contributed by atoms with Crippen LogP contribution >= 0.6 is 15.9 Å². The zero-order valence-corrected chi connectivity index (χ0v) is 14.3. The molecular weight excluding hydrogens is 348 g/mol. The fourth-order valence-electron chi connectivity index (χ4n) is 2.91. The Bertz CT molecular complexity index is 569. The molecule has 1 aliphatic carbocycles. The van der Waals surface area contributed by atoms with Gasteiger partial charge in [-0.3, -0.25) is 10.1 Å². The Hall–Kier alpha value is -1.21. The molecule has 7 heteroatoms. The standard InChI is InChI=1S/C15H21BrN4O2/c1-10-13(20(21)22)9-18-15(14(10)16)19-6-4-12(5-7-19)17-8-11-2-3-11/h9,11-12,17H,2-8H2,1H3. The van der Waals surface area contributed by atoms with Crippen molar-refractivity contribution >= 4 is 27.4 Å². The minimum Gasteiger partial charge on any atom is -0.356 e. The number of nitrogens with one attached hydrogen (secondary N) is 1. The van der Waals surface area contributed by atoms with Crippen molar-refractivity contribution in [3.05, 3.63) is 26.3 Å². The Balaban J connectivity index is 1.63. The molecule has 0 amide bonds. The zero-order valence-electron chi connectivity index (χ0n) is 12.7. The lowest BCUT2D eigenvalue weighted by molar-refractivity contribution is -0.385. The van der Waals surface area contributed by atoms with Crippen molar-refractivity contribution in [3.63, 3.8) is 0 Å². The van der Waals surface area contributed by atoms with Gasteiger partial charge in [-0.2, -0.15) is 0 Å². The second kappa shape index (κ2) is 6.50. The molecule has 3 rings (SSSR count). The summed E-state index contributed by atoms with van der Waals surface area (Å²) in [6.07, 6.45) is 6.32. The lowest BCUT2D eigenvalue weighted by atomic mass is 10.0. The van der Waals surface area contributed by atoms with Crippen LogP contribution in [0.2, 0.25) is 0 Å². The summed E-state index contributed by atoms with van der Waals surface area (Å²) in [7, 11) is 0. The van der Waals surface area contributed by atoms with Gasteiger partial charge in [0.15, 0.2) is 0 Å². The van der Waals surface area contributed by atoms with E-state index in [1.807, 2.05) is 0 Å². The summed E-state index contributed by atoms with van der Waals surface area (Å²) in [5.41, 5.74) is 0.709. The normalized spacial score (nSPS) is 19.5. The number of hydrogen-bond donors (Lipinski definition) is 1. The van der Waals surface area contributed by atoms with E-state index in [1.54, 1.807) is 6.92 Å². The first-order valence-electron chi connectivity index (χ1n) is 7.84. The summed E-state index contributed by atoms with van der Waals surface area (Å²) in [4.78, 5) is 17.1. The first-order chi connectivity index (χ1) is 10.6. The molecule has 2 aliphatic rings. The van der Waals surface area contributed by atoms with Gasteiger partial charge >= 0.3 is 0 Å². The highest BCUT2D eigenvalue weighted by Crippen LogP contribution is 2.34. The van der Waals surface area contributed by atoms with Crippen LogP contribution in [0.5, 0.6) is 0 Å². The molecule has 120 valence electrons. The Morgan fingerprint density at radius 3 is 2.68 bits per heavy atom. The molecule has 1 aliphatic heterocycles. The number of anilines is 1. The van der Waals surface area contributed by atoms with Gasteiger partial charge in [0, 0.05) is 24.7 Å². The molecule has 1 saturated heterocycles. The fourth-order valence-corrected chi connectivity index (χ4v) is 3.47. The molecule has 0 aromatic carbocycles. The van der Waals surface area contributed by atoms with Crippen molar-refractivity contribution in [1.82, 2.24) is 10.3 Å². The highest BCUT2D eigenvalue weighted by molar-refractivity contribution is 9.10. The predicted octanol–water partition coefficient (Wildman–Crippen LogP) is 3.03. The second-order valence-corrected chi connectivity index (χ2v) is 7.07. The van der Waals surface area contributed by atoms with Crippen LogP contribution in [-0.4, -0.2) is 35.6 Å². The van der Waals surface area contributed by atoms with Gasteiger partial charge in [0.05, 0.1) is 9.40 Å². The molecule has 0 atom stereocenters. The molecule has 2 heterocycles. The van der Waals surface area contributed by atoms with E-state index in [0.29, 0.717) is 11.6 Å². The number of aromatic nitrogens is 1. The Labute approximate surface area is 138 Å². The summed E-state index contributed by atoms with van der Waals surface area (Å²) >= 11 is 3.48. The number of nitro groups is 1. The molecule has 2 fully saturated rings. The molecule has 1 aromatic rings. The number of pyridine rings is 1. The molecule has 1 N–H and O–H groups in total. The molecule has 6 nitrogen and oxygen atoms in total. The van der Waals surface area contributed by atoms with E-state index in [9.17, 15) is 10.1 Å². The van der Waals surface area contributed by atoms with Gasteiger partial charge < -0.3 is 10.2 Å². The summed E-state index contributed by atoms with van der Waals surface area (Å²) in [6, 6.07) is 0.592. The average molecular weight is 369 g/mol. The van der Waals surface area contributed by atoms with Gasteiger partial charge in [-0.1, -0.05) is 0 Å². The Morgan fingerprint density at radius 2 is 2.09 bits per heavy atom. The zero-order chi connectivity index (χ0) is 15.7. The maximum absolute atomic E-state index is 11.0. The molecule has 0 spiro atoms. The van der Waals surface area contributed by atoms with Gasteiger partial charge in [0.25, 0.3) is 5.69 Å². The van der Waals surface area contributed by atoms with Crippen LogP contribution in [0, 0.1) is 23.0 Å². The van der Waals surface area contributed by atoms with Crippen molar-refractivity contribution in [2.45, 2.75) is 38.6 Å². The van der Waals surface area contributed by atoms with Gasteiger partial charge in [0.1, 0.15) is 12.0 Å². The molecule has 0 unspecified atom stereocenters. The minimum atomic E-state index is -0.384. The van der Waals surface area contributed by atoms with E-state index in [4.69, 9.17) is 0 Å². The van der Waals surface area contributed by atoms with Crippen LogP contribution in [0.3, 0.4) is 0 Å². The number of halogens is 1. The number of nitrogens with zero attached hydrogens (tertiary/aromatic N) is 3. The largest absolute Gasteiger partial charge is 0.356 e. The van der Waals surface area contributed by atoms with Crippen molar-refractivity contribution in [2.24, 2.45) is 5.92 Å². The van der Waals surface area contributed by atoms with Crippen LogP contribution in [0.25, 0.3) is 0 Å². The summed E-state index contributed by atoms with van der Waals surface area (Å²) < 4.78 is 0.742. The van der Waals surface area contributed by atoms with Crippen molar-refractivity contribution < 1.29 is 4.92 Å². The van der Waals surface area contributed by atoms with E-state index in [-0.39, 0.29) is 10.6 Å². The van der Waals surface area contributed by atoms with Gasteiger partial charge in [-0.05, 0) is 61.0 Å². The van der Waals surface area contributed by atoms with Gasteiger partial charge in [-0.15, -0.1) is 0 Å². The van der Waals surface area contributed by atoms with Crippen LogP contribution < -0.4 is 10.2 Å². The third-order valence-electron chi connectivity index (χ3n) is 4.60. The van der Waals surface area contributed by atoms with Crippen molar-refractivity contribution in [1.29, 1.82) is 0 Å². The fraction of sp³-hybridized carbons (Fsp3) is 0.667. The lowest BCUT2D eigenvalue weighted by Gasteiger charge is -2.34. The van der Waals surface area contributed by atoms with Gasteiger partial charge in [-0.25, -0.2) is 4.98 Å². The third kappa shape index (κ3) is 3.41. The second-order valence-electron chi connectivity index (χ2n) is 6.28. The van der Waals surface area contributed by atoms with E-state index in [1.165, 1.54) is 19.0 Å². The quantitative estimate of drug-likeness (QED) is 0.638. The maximum atomic E-state index is 11.0. The molecule has 1 saturated carbocycles. The first-order valence-corrected chi connectivity index (χ1v) is 8.63. The van der Waals surface area contributed by atoms with Crippen LogP contribution in [0.4, 0.5) is 11.5 Å². The number of piperidine rings is 1. The van der Waals surface area contributed by atoms with Crippen molar-refractivity contribution in [2.75, 3.05) is 24.5 Å². The summed E-state index contributed by atoms with van der Waals surface area (Å²) in [5, 5.41) is 14.6. The molecule has 0 bridgehead atoms. The maximum Gasteiger partial charge on any atom is 0.291 e. The van der Waals surface area contributed by atoms with Crippen LogP contribution in [-0.2, 0) is 0 Å². The SMILES string of the molecule is Cc1c([N+](=O)[O-])cnc(N2CCC(NCC3CC3)CC2)c1Br. The first kappa shape index (κ1) is 15.7. The van der Waals surface area contributed by atoms with Crippen LogP contribution in [0.15, 0.2) is 10.7 Å². The topological polar surface area (TPSA) is 71.3 Å². The van der Waals surface area contributed by atoms with Gasteiger partial charge in [0.2, 0.25) is 0 Å². The molecular formula is C15H21BrN4O2. The Kier molecular flexibility index (Phi) is 4.63. The monoisotopic (exact) mass is 368 g/mol. The van der Waals surface area contributed by atoms with Crippen LogP contribution in [0.1, 0.15) is 31.2 Å². The number of rotatable bonds is 5. The molecule has 1 aromatic heterocycles. The predicted molar refractivity (Wildman–Crippen MR) is 89.3 cm³/mol. The summed E-state index contributed by atoms with van der Waals surface area (Å²) in [6.45, 7) is 4.79. The summed E-state index contributed by atoms with van der Waals surface area (Å²) in [5.74, 6) is 1.73. The lowest BCUT2D eigenvalue weighted by Crippen LogP contribution is -2.43. The molecule has 22 heavy (non-hydrogen) atoms. The Morgan fingerprint density at radius 1 is 1.41 bits per heavy atom. The highest BCUT2D eigenvalue weighted by Gasteiger charge is 2.26. The van der Waals surface area contributed by atoms with E-state index >= 15 is 0 Å². The smallest absolute Gasteiger partial charge is 0.291 e. The van der Waals surface area contributed by atoms with E-state index in [0.717, 1.165) is 48.7 Å². The van der Waals surface area contributed by atoms with E-state index < -0.39 is 0 Å². The number of hydrogen-bond acceptors (Lipinski definition) is 5. The third-order valence-corrected chi connectivity index (χ3v) is 5.55. The average Bonchev–Trinajstić information content (AvgIpc) is 3.32. The van der Waals surface area contributed by atoms with E-state index in [2.05, 4.69) is 31.1 Å². The van der Waals surface area contributed by atoms with Crippen molar-refractivity contribution in [3.8, 4) is 0 Å². The highest BCUT2D eigenvalue weighted by atomic mass is 79.9. The molecule has 0 radical (unpaired) electrons. The minimum absolute atomic E-state index is 0.0663.